The minimum Gasteiger partial charge on any atom is -0.462 e. The van der Waals surface area contributed by atoms with Crippen molar-refractivity contribution in [2.75, 3.05) is 18.6 Å². The molecule has 12 nitrogen and oxygen atoms in total. The van der Waals surface area contributed by atoms with Crippen molar-refractivity contribution in [3.05, 3.63) is 77.6 Å². The first-order valence-electron chi connectivity index (χ1n) is 11.1. The standard InChI is InChI=1S/C23H22F5N9O3/c1-31-36-21(39-12-29)22(38,23(26,27)28)11-34-19-15(25)10-33-20(35-19)16(30)8-18(17-6-7-40-37-17)32-9-13-4-2-3-5-14(13)24/h2-8,10,38H,1,9,11-12,29-30H2,(H,33,34,35)/b16-8?,32-18?,36-21-. The van der Waals surface area contributed by atoms with Gasteiger partial charge in [0.15, 0.2) is 17.5 Å². The van der Waals surface area contributed by atoms with Crippen molar-refractivity contribution in [2.24, 2.45) is 26.7 Å². The van der Waals surface area contributed by atoms with Gasteiger partial charge in [-0.15, -0.1) is 5.10 Å². The van der Waals surface area contributed by atoms with Crippen LogP contribution in [0.25, 0.3) is 5.70 Å². The second-order valence-electron chi connectivity index (χ2n) is 7.74. The quantitative estimate of drug-likeness (QED) is 0.0889. The lowest BCUT2D eigenvalue weighted by Crippen LogP contribution is -2.58. The van der Waals surface area contributed by atoms with Gasteiger partial charge in [0.1, 0.15) is 24.5 Å². The molecule has 1 atom stereocenters. The van der Waals surface area contributed by atoms with Crippen molar-refractivity contribution in [1.29, 1.82) is 0 Å². The van der Waals surface area contributed by atoms with Gasteiger partial charge in [0, 0.05) is 18.3 Å². The number of nitrogens with zero attached hydrogens (tertiary/aromatic N) is 6. The normalized spacial score (nSPS) is 14.5. The largest absolute Gasteiger partial charge is 0.462 e. The van der Waals surface area contributed by atoms with Gasteiger partial charge in [-0.05, 0) is 12.1 Å². The molecule has 1 unspecified atom stereocenters. The molecule has 1 aromatic carbocycles. The predicted molar refractivity (Wildman–Crippen MR) is 134 cm³/mol. The maximum Gasteiger partial charge on any atom is 0.428 e. The molecule has 212 valence electrons. The summed E-state index contributed by atoms with van der Waals surface area (Å²) in [6.45, 7) is 0.605. The Morgan fingerprint density at radius 1 is 1.20 bits per heavy atom. The van der Waals surface area contributed by atoms with Crippen LogP contribution in [0.5, 0.6) is 0 Å². The SMILES string of the molecule is C=N/N=C(\OCN)C(O)(CNc1nc(C(N)=CC(=NCc2ccccc2F)c2ccon2)ncc1F)C(F)(F)F. The molecule has 0 aliphatic carbocycles. The lowest BCUT2D eigenvalue weighted by atomic mass is 10.0. The van der Waals surface area contributed by atoms with E-state index in [0.717, 1.165) is 0 Å². The predicted octanol–water partition coefficient (Wildman–Crippen LogP) is 2.38. The molecule has 0 aliphatic rings. The third-order valence-electron chi connectivity index (χ3n) is 5.09. The third kappa shape index (κ3) is 7.00. The Morgan fingerprint density at radius 3 is 2.58 bits per heavy atom. The zero-order valence-electron chi connectivity index (χ0n) is 20.4. The molecule has 0 bridgehead atoms. The highest BCUT2D eigenvalue weighted by atomic mass is 19.4. The Kier molecular flexibility index (Phi) is 9.57. The summed E-state index contributed by atoms with van der Waals surface area (Å²) >= 11 is 0. The molecular formula is C23H22F5N9O3. The molecule has 0 fully saturated rings. The van der Waals surface area contributed by atoms with Crippen LogP contribution in [0.15, 0.2) is 68.6 Å². The maximum atomic E-state index is 14.4. The fraction of sp³-hybridized carbons (Fsp3) is 0.217. The Hall–Kier alpha value is -4.77. The summed E-state index contributed by atoms with van der Waals surface area (Å²) < 4.78 is 79.1. The summed E-state index contributed by atoms with van der Waals surface area (Å²) in [5.74, 6) is -4.09. The van der Waals surface area contributed by atoms with Crippen LogP contribution in [-0.4, -0.2) is 63.6 Å². The molecule has 0 amide bonds. The summed E-state index contributed by atoms with van der Waals surface area (Å²) in [4.78, 5) is 11.8. The van der Waals surface area contributed by atoms with Gasteiger partial charge in [-0.1, -0.05) is 23.4 Å². The van der Waals surface area contributed by atoms with Crippen molar-refractivity contribution in [3.8, 4) is 0 Å². The van der Waals surface area contributed by atoms with Crippen LogP contribution >= 0.6 is 0 Å². The number of nitrogens with two attached hydrogens (primary N) is 2. The number of alkyl halides is 3. The van der Waals surface area contributed by atoms with Gasteiger partial charge in [0.25, 0.3) is 11.5 Å². The van der Waals surface area contributed by atoms with E-state index in [0.29, 0.717) is 6.20 Å². The summed E-state index contributed by atoms with van der Waals surface area (Å²) in [6.07, 6.45) is -2.24. The smallest absolute Gasteiger partial charge is 0.428 e. The number of halogens is 5. The number of benzene rings is 1. The summed E-state index contributed by atoms with van der Waals surface area (Å²) in [7, 11) is 0. The van der Waals surface area contributed by atoms with Gasteiger partial charge < -0.3 is 25.4 Å². The van der Waals surface area contributed by atoms with E-state index < -0.39 is 48.4 Å². The van der Waals surface area contributed by atoms with Crippen LogP contribution < -0.4 is 16.8 Å². The van der Waals surface area contributed by atoms with Crippen molar-refractivity contribution >= 4 is 29.8 Å². The van der Waals surface area contributed by atoms with Gasteiger partial charge >= 0.3 is 6.18 Å². The zero-order valence-corrected chi connectivity index (χ0v) is 20.4. The fourth-order valence-corrected chi connectivity index (χ4v) is 3.07. The van der Waals surface area contributed by atoms with Crippen LogP contribution in [0.4, 0.5) is 27.8 Å². The number of allylic oxidation sites excluding steroid dienone is 1. The van der Waals surface area contributed by atoms with E-state index >= 15 is 0 Å². The molecule has 0 saturated carbocycles. The fourth-order valence-electron chi connectivity index (χ4n) is 3.07. The topological polar surface area (TPSA) is 182 Å². The number of aliphatic hydroxyl groups is 1. The molecule has 0 spiro atoms. The number of aliphatic imine (C=N–C) groups is 1. The molecule has 0 radical (unpaired) electrons. The second kappa shape index (κ2) is 12.9. The molecule has 3 aromatic rings. The first-order valence-corrected chi connectivity index (χ1v) is 11.1. The van der Waals surface area contributed by atoms with Crippen LogP contribution in [0.1, 0.15) is 17.1 Å². The van der Waals surface area contributed by atoms with Crippen LogP contribution in [-0.2, 0) is 11.3 Å². The number of nitrogens with one attached hydrogen (secondary N) is 1. The molecule has 17 heteroatoms. The second-order valence-corrected chi connectivity index (χ2v) is 7.74. The molecule has 6 N–H and O–H groups in total. The number of rotatable bonds is 11. The van der Waals surface area contributed by atoms with Crippen LogP contribution in [0.2, 0.25) is 0 Å². The Labute approximate surface area is 223 Å². The van der Waals surface area contributed by atoms with Gasteiger partial charge in [0.2, 0.25) is 0 Å². The number of anilines is 1. The third-order valence-corrected chi connectivity index (χ3v) is 5.09. The highest BCUT2D eigenvalue weighted by Gasteiger charge is 2.59. The van der Waals surface area contributed by atoms with Crippen molar-refractivity contribution in [3.63, 3.8) is 0 Å². The first kappa shape index (κ1) is 29.8. The Morgan fingerprint density at radius 2 is 1.95 bits per heavy atom. The molecule has 2 aromatic heterocycles. The molecular weight excluding hydrogens is 545 g/mol. The Balaban J connectivity index is 1.93. The summed E-state index contributed by atoms with van der Waals surface area (Å²) in [5.41, 5.74) is 7.76. The van der Waals surface area contributed by atoms with Gasteiger partial charge in [0.05, 0.1) is 30.7 Å². The number of hydrogen-bond acceptors (Lipinski definition) is 12. The van der Waals surface area contributed by atoms with E-state index in [-0.39, 0.29) is 35.0 Å². The first-order chi connectivity index (χ1) is 19.0. The lowest BCUT2D eigenvalue weighted by molar-refractivity contribution is -0.230. The highest BCUT2D eigenvalue weighted by Crippen LogP contribution is 2.33. The number of hydrogen-bond donors (Lipinski definition) is 4. The Bertz CT molecular complexity index is 1410. The maximum absolute atomic E-state index is 14.4. The van der Waals surface area contributed by atoms with Crippen molar-refractivity contribution in [1.82, 2.24) is 15.1 Å². The number of ether oxygens (including phenoxy) is 1. The van der Waals surface area contributed by atoms with Gasteiger partial charge in [-0.3, -0.25) is 10.7 Å². The average Bonchev–Trinajstić information content (AvgIpc) is 3.45. The van der Waals surface area contributed by atoms with E-state index in [2.05, 4.69) is 41.8 Å². The molecule has 0 saturated heterocycles. The summed E-state index contributed by atoms with van der Waals surface area (Å²) in [5, 5.41) is 22.1. The van der Waals surface area contributed by atoms with Gasteiger partial charge in [-0.2, -0.15) is 18.3 Å². The monoisotopic (exact) mass is 567 g/mol. The van der Waals surface area contributed by atoms with E-state index in [1.807, 2.05) is 5.32 Å². The van der Waals surface area contributed by atoms with Crippen molar-refractivity contribution < 1.29 is 36.3 Å². The lowest BCUT2D eigenvalue weighted by Gasteiger charge is -2.30. The number of aromatic nitrogens is 3. The molecule has 3 rings (SSSR count). The highest BCUT2D eigenvalue weighted by molar-refractivity contribution is 6.10. The van der Waals surface area contributed by atoms with Crippen molar-refractivity contribution in [2.45, 2.75) is 18.3 Å². The zero-order chi connectivity index (χ0) is 29.3. The minimum absolute atomic E-state index is 0.111. The van der Waals surface area contributed by atoms with E-state index in [4.69, 9.17) is 16.0 Å². The average molecular weight is 567 g/mol. The molecule has 40 heavy (non-hydrogen) atoms. The van der Waals surface area contributed by atoms with E-state index in [1.54, 1.807) is 6.07 Å². The summed E-state index contributed by atoms with van der Waals surface area (Å²) in [6, 6.07) is 7.37. The van der Waals surface area contributed by atoms with Gasteiger partial charge in [-0.25, -0.2) is 18.7 Å². The van der Waals surface area contributed by atoms with E-state index in [9.17, 15) is 27.1 Å². The minimum atomic E-state index is -5.37. The van der Waals surface area contributed by atoms with Crippen LogP contribution in [0.3, 0.4) is 0 Å². The molecule has 0 aliphatic heterocycles. The van der Waals surface area contributed by atoms with E-state index in [1.165, 1.54) is 36.6 Å². The molecule has 2 heterocycles. The van der Waals surface area contributed by atoms with Crippen LogP contribution in [0, 0.1) is 11.6 Å².